The summed E-state index contributed by atoms with van der Waals surface area (Å²) in [6, 6.07) is 2.66. The molecule has 0 spiro atoms. The molecule has 0 bridgehead atoms. The van der Waals surface area contributed by atoms with Crippen molar-refractivity contribution in [1.82, 2.24) is 15.5 Å². The van der Waals surface area contributed by atoms with E-state index < -0.39 is 12.2 Å². The summed E-state index contributed by atoms with van der Waals surface area (Å²) < 4.78 is 0. The summed E-state index contributed by atoms with van der Waals surface area (Å²) in [7, 11) is 1.76. The van der Waals surface area contributed by atoms with Crippen LogP contribution in [0, 0.1) is 0 Å². The van der Waals surface area contributed by atoms with Crippen LogP contribution in [-0.2, 0) is 0 Å². The largest absolute Gasteiger partial charge is 0.390 e. The fourth-order valence-corrected chi connectivity index (χ4v) is 1.17. The average Bonchev–Trinajstić information content (AvgIpc) is 2.26. The molecule has 2 unspecified atom stereocenters. The van der Waals surface area contributed by atoms with Gasteiger partial charge in [-0.05, 0) is 26.1 Å². The highest BCUT2D eigenvalue weighted by atomic mass is 16.3. The van der Waals surface area contributed by atoms with Crippen LogP contribution in [0.2, 0.25) is 0 Å². The van der Waals surface area contributed by atoms with Gasteiger partial charge in [-0.3, -0.25) is 4.79 Å². The molecule has 6 heteroatoms. The first-order valence-corrected chi connectivity index (χ1v) is 4.71. The molecule has 15 heavy (non-hydrogen) atoms. The van der Waals surface area contributed by atoms with Gasteiger partial charge >= 0.3 is 0 Å². The molecule has 0 saturated carbocycles. The van der Waals surface area contributed by atoms with Crippen molar-refractivity contribution in [2.75, 3.05) is 13.6 Å². The van der Waals surface area contributed by atoms with Crippen LogP contribution in [-0.4, -0.2) is 40.1 Å². The number of rotatable bonds is 5. The Balaban J connectivity index is 2.62. The molecule has 0 aliphatic heterocycles. The van der Waals surface area contributed by atoms with E-state index in [2.05, 4.69) is 15.5 Å². The standard InChI is InChI=1S/C9H15N3O3/c1-10-5-4-7(13)9(15)6-2-3-8(14)12-11-6/h2-3,7,9-10,13,15H,4-5H2,1H3,(H,12,14). The fourth-order valence-electron chi connectivity index (χ4n) is 1.17. The first-order chi connectivity index (χ1) is 7.15. The Morgan fingerprint density at radius 3 is 2.80 bits per heavy atom. The van der Waals surface area contributed by atoms with Crippen molar-refractivity contribution in [3.8, 4) is 0 Å². The fraction of sp³-hybridized carbons (Fsp3) is 0.556. The molecule has 0 aliphatic carbocycles. The van der Waals surface area contributed by atoms with Crippen LogP contribution < -0.4 is 10.9 Å². The van der Waals surface area contributed by atoms with Gasteiger partial charge in [-0.15, -0.1) is 0 Å². The van der Waals surface area contributed by atoms with Crippen molar-refractivity contribution < 1.29 is 10.2 Å². The molecule has 1 aromatic rings. The normalized spacial score (nSPS) is 14.9. The predicted molar refractivity (Wildman–Crippen MR) is 54.4 cm³/mol. The van der Waals surface area contributed by atoms with Crippen molar-refractivity contribution in [3.63, 3.8) is 0 Å². The topological polar surface area (TPSA) is 98.2 Å². The first-order valence-electron chi connectivity index (χ1n) is 4.71. The zero-order valence-corrected chi connectivity index (χ0v) is 8.47. The summed E-state index contributed by atoms with van der Waals surface area (Å²) in [5.41, 5.74) is -0.0751. The summed E-state index contributed by atoms with van der Waals surface area (Å²) in [6.45, 7) is 0.599. The van der Waals surface area contributed by atoms with E-state index in [0.29, 0.717) is 13.0 Å². The third-order valence-electron chi connectivity index (χ3n) is 2.06. The highest BCUT2D eigenvalue weighted by molar-refractivity contribution is 5.04. The van der Waals surface area contributed by atoms with Gasteiger partial charge in [0, 0.05) is 6.07 Å². The number of hydrogen-bond donors (Lipinski definition) is 4. The van der Waals surface area contributed by atoms with Gasteiger partial charge in [0.25, 0.3) is 5.56 Å². The maximum absolute atomic E-state index is 10.7. The Morgan fingerprint density at radius 2 is 2.27 bits per heavy atom. The number of aliphatic hydroxyl groups is 2. The minimum Gasteiger partial charge on any atom is -0.390 e. The zero-order chi connectivity index (χ0) is 11.3. The van der Waals surface area contributed by atoms with Crippen LogP contribution in [0.4, 0.5) is 0 Å². The number of H-pyrrole nitrogens is 1. The highest BCUT2D eigenvalue weighted by Gasteiger charge is 2.18. The number of aromatic nitrogens is 2. The zero-order valence-electron chi connectivity index (χ0n) is 8.47. The van der Waals surface area contributed by atoms with Crippen LogP contribution in [0.25, 0.3) is 0 Å². The summed E-state index contributed by atoms with van der Waals surface area (Å²) in [4.78, 5) is 10.7. The molecule has 0 radical (unpaired) electrons. The molecule has 84 valence electrons. The van der Waals surface area contributed by atoms with Crippen LogP contribution >= 0.6 is 0 Å². The lowest BCUT2D eigenvalue weighted by molar-refractivity contribution is 0.0110. The van der Waals surface area contributed by atoms with Crippen LogP contribution in [0.15, 0.2) is 16.9 Å². The van der Waals surface area contributed by atoms with Crippen molar-refractivity contribution in [3.05, 3.63) is 28.2 Å². The van der Waals surface area contributed by atoms with Gasteiger partial charge in [0.15, 0.2) is 0 Å². The summed E-state index contributed by atoms with van der Waals surface area (Å²) in [5.74, 6) is 0. The van der Waals surface area contributed by atoms with E-state index in [-0.39, 0.29) is 11.3 Å². The monoisotopic (exact) mass is 213 g/mol. The molecular formula is C9H15N3O3. The van der Waals surface area contributed by atoms with Gasteiger partial charge in [0.05, 0.1) is 11.8 Å². The third kappa shape index (κ3) is 3.43. The Kier molecular flexibility index (Phi) is 4.41. The number of nitrogens with one attached hydrogen (secondary N) is 2. The Hall–Kier alpha value is -1.24. The molecule has 0 saturated heterocycles. The molecule has 6 nitrogen and oxygen atoms in total. The van der Waals surface area contributed by atoms with Crippen LogP contribution in [0.5, 0.6) is 0 Å². The second kappa shape index (κ2) is 5.59. The van der Waals surface area contributed by atoms with Crippen LogP contribution in [0.1, 0.15) is 18.2 Å². The Bertz CT molecular complexity index is 332. The molecule has 0 amide bonds. The van der Waals surface area contributed by atoms with Gasteiger partial charge in [-0.1, -0.05) is 0 Å². The lowest BCUT2D eigenvalue weighted by atomic mass is 10.1. The van der Waals surface area contributed by atoms with E-state index in [1.54, 1.807) is 7.05 Å². The molecule has 1 heterocycles. The van der Waals surface area contributed by atoms with Crippen molar-refractivity contribution >= 4 is 0 Å². The van der Waals surface area contributed by atoms with E-state index in [9.17, 15) is 15.0 Å². The van der Waals surface area contributed by atoms with Gasteiger partial charge in [0.2, 0.25) is 0 Å². The Labute approximate surface area is 87.0 Å². The number of aromatic amines is 1. The molecule has 1 aromatic heterocycles. The molecule has 2 atom stereocenters. The highest BCUT2D eigenvalue weighted by Crippen LogP contribution is 2.14. The van der Waals surface area contributed by atoms with E-state index in [1.807, 2.05) is 0 Å². The predicted octanol–water partition coefficient (Wildman–Crippen LogP) is -1.23. The molecule has 0 fully saturated rings. The van der Waals surface area contributed by atoms with E-state index >= 15 is 0 Å². The second-order valence-electron chi connectivity index (χ2n) is 3.25. The summed E-state index contributed by atoms with van der Waals surface area (Å²) in [6.07, 6.45) is -1.55. The Morgan fingerprint density at radius 1 is 1.53 bits per heavy atom. The number of hydrogen-bond acceptors (Lipinski definition) is 5. The molecule has 0 aromatic carbocycles. The lowest BCUT2D eigenvalue weighted by Crippen LogP contribution is -2.24. The van der Waals surface area contributed by atoms with Gasteiger partial charge < -0.3 is 15.5 Å². The van der Waals surface area contributed by atoms with E-state index in [4.69, 9.17) is 0 Å². The third-order valence-corrected chi connectivity index (χ3v) is 2.06. The average molecular weight is 213 g/mol. The first kappa shape index (κ1) is 11.8. The summed E-state index contributed by atoms with van der Waals surface area (Å²) >= 11 is 0. The maximum Gasteiger partial charge on any atom is 0.264 e. The van der Waals surface area contributed by atoms with Gasteiger partial charge in [-0.2, -0.15) is 5.10 Å². The SMILES string of the molecule is CNCCC(O)C(O)c1ccc(=O)[nH]n1. The molecule has 1 rings (SSSR count). The van der Waals surface area contributed by atoms with Gasteiger partial charge in [-0.25, -0.2) is 5.10 Å². The second-order valence-corrected chi connectivity index (χ2v) is 3.25. The number of aliphatic hydroxyl groups excluding tert-OH is 2. The van der Waals surface area contributed by atoms with E-state index in [0.717, 1.165) is 0 Å². The minimum atomic E-state index is -1.07. The molecule has 4 N–H and O–H groups in total. The lowest BCUT2D eigenvalue weighted by Gasteiger charge is -2.16. The van der Waals surface area contributed by atoms with Crippen molar-refractivity contribution in [1.29, 1.82) is 0 Å². The van der Waals surface area contributed by atoms with Crippen molar-refractivity contribution in [2.24, 2.45) is 0 Å². The van der Waals surface area contributed by atoms with E-state index in [1.165, 1.54) is 12.1 Å². The van der Waals surface area contributed by atoms with Crippen LogP contribution in [0.3, 0.4) is 0 Å². The molecular weight excluding hydrogens is 198 g/mol. The maximum atomic E-state index is 10.7. The number of nitrogens with zero attached hydrogens (tertiary/aromatic N) is 1. The smallest absolute Gasteiger partial charge is 0.264 e. The van der Waals surface area contributed by atoms with Crippen molar-refractivity contribution in [2.45, 2.75) is 18.6 Å². The summed E-state index contributed by atoms with van der Waals surface area (Å²) in [5, 5.41) is 27.9. The minimum absolute atomic E-state index is 0.262. The quantitative estimate of drug-likeness (QED) is 0.491. The van der Waals surface area contributed by atoms with Gasteiger partial charge in [0.1, 0.15) is 6.10 Å². The molecule has 0 aliphatic rings.